The molecule has 0 bridgehead atoms. The minimum atomic E-state index is -0.540. The van der Waals surface area contributed by atoms with Crippen LogP contribution in [0.25, 0.3) is 0 Å². The lowest BCUT2D eigenvalue weighted by atomic mass is 10.1. The highest BCUT2D eigenvalue weighted by Crippen LogP contribution is 2.26. The van der Waals surface area contributed by atoms with Gasteiger partial charge in [-0.15, -0.1) is 0 Å². The van der Waals surface area contributed by atoms with Gasteiger partial charge < -0.3 is 15.8 Å². The number of carbonyl (C=O) groups excluding carboxylic acids is 1. The number of nitrogens with two attached hydrogens (primary N) is 1. The monoisotopic (exact) mass is 264 g/mol. The summed E-state index contributed by atoms with van der Waals surface area (Å²) in [5, 5.41) is 2.83. The number of ether oxygens (including phenoxy) is 1. The van der Waals surface area contributed by atoms with E-state index in [2.05, 4.69) is 5.32 Å². The van der Waals surface area contributed by atoms with Crippen molar-refractivity contribution in [1.82, 2.24) is 5.32 Å². The van der Waals surface area contributed by atoms with Crippen LogP contribution in [0.3, 0.4) is 0 Å². The molecule has 1 unspecified atom stereocenters. The molecule has 0 fully saturated rings. The molecule has 2 atom stereocenters. The molecular formula is C15H24N2O2. The summed E-state index contributed by atoms with van der Waals surface area (Å²) in [6, 6.07) is 5.82. The summed E-state index contributed by atoms with van der Waals surface area (Å²) in [5.74, 6) is 0.563. The minimum absolute atomic E-state index is 0.101. The number of hydrogen-bond donors (Lipinski definition) is 2. The zero-order valence-electron chi connectivity index (χ0n) is 12.4. The SMILES string of the molecule is Cc1ccc([C@H](C)N)c(OC(C)C(=O)NC(C)C)c1. The smallest absolute Gasteiger partial charge is 0.260 e. The van der Waals surface area contributed by atoms with Crippen LogP contribution in [0.1, 0.15) is 44.9 Å². The maximum absolute atomic E-state index is 11.9. The molecule has 106 valence electrons. The summed E-state index contributed by atoms with van der Waals surface area (Å²) in [4.78, 5) is 11.9. The van der Waals surface area contributed by atoms with Gasteiger partial charge in [0.05, 0.1) is 0 Å². The number of aryl methyl sites for hydroxylation is 1. The summed E-state index contributed by atoms with van der Waals surface area (Å²) in [6.07, 6.45) is -0.540. The van der Waals surface area contributed by atoms with Crippen molar-refractivity contribution in [3.8, 4) is 5.75 Å². The molecule has 1 aromatic carbocycles. The van der Waals surface area contributed by atoms with Gasteiger partial charge in [0.25, 0.3) is 5.91 Å². The van der Waals surface area contributed by atoms with Gasteiger partial charge in [0.1, 0.15) is 5.75 Å². The van der Waals surface area contributed by atoms with E-state index in [1.165, 1.54) is 0 Å². The average molecular weight is 264 g/mol. The lowest BCUT2D eigenvalue weighted by molar-refractivity contribution is -0.127. The first-order valence-electron chi connectivity index (χ1n) is 6.64. The standard InChI is InChI=1S/C15H24N2O2/c1-9(2)17-15(18)12(5)19-14-8-10(3)6-7-13(14)11(4)16/h6-9,11-12H,16H2,1-5H3,(H,17,18)/t11-,12?/m0/s1. The molecule has 0 aliphatic carbocycles. The molecule has 4 heteroatoms. The zero-order valence-corrected chi connectivity index (χ0v) is 12.4. The van der Waals surface area contributed by atoms with E-state index in [9.17, 15) is 4.79 Å². The Bertz CT molecular complexity index is 442. The zero-order chi connectivity index (χ0) is 14.6. The Morgan fingerprint density at radius 1 is 1.26 bits per heavy atom. The van der Waals surface area contributed by atoms with E-state index in [4.69, 9.17) is 10.5 Å². The molecular weight excluding hydrogens is 240 g/mol. The molecule has 0 saturated carbocycles. The number of amides is 1. The van der Waals surface area contributed by atoms with E-state index in [0.717, 1.165) is 11.1 Å². The average Bonchev–Trinajstić information content (AvgIpc) is 2.27. The Kier molecular flexibility index (Phi) is 5.36. The van der Waals surface area contributed by atoms with Gasteiger partial charge >= 0.3 is 0 Å². The fraction of sp³-hybridized carbons (Fsp3) is 0.533. The van der Waals surface area contributed by atoms with Crippen molar-refractivity contribution in [2.24, 2.45) is 5.73 Å². The Morgan fingerprint density at radius 2 is 1.89 bits per heavy atom. The Hall–Kier alpha value is -1.55. The second kappa shape index (κ2) is 6.57. The van der Waals surface area contributed by atoms with Gasteiger partial charge in [-0.3, -0.25) is 4.79 Å². The summed E-state index contributed by atoms with van der Waals surface area (Å²) in [7, 11) is 0. The highest BCUT2D eigenvalue weighted by Gasteiger charge is 2.18. The predicted molar refractivity (Wildman–Crippen MR) is 77.2 cm³/mol. The van der Waals surface area contributed by atoms with Gasteiger partial charge in [-0.2, -0.15) is 0 Å². The van der Waals surface area contributed by atoms with Gasteiger partial charge in [0.15, 0.2) is 6.10 Å². The second-order valence-electron chi connectivity index (χ2n) is 5.25. The fourth-order valence-electron chi connectivity index (χ4n) is 1.77. The molecule has 0 aliphatic heterocycles. The summed E-state index contributed by atoms with van der Waals surface area (Å²) in [5.41, 5.74) is 7.91. The van der Waals surface area contributed by atoms with Crippen LogP contribution in [0.4, 0.5) is 0 Å². The van der Waals surface area contributed by atoms with Crippen LogP contribution in [0, 0.1) is 6.92 Å². The molecule has 0 heterocycles. The highest BCUT2D eigenvalue weighted by molar-refractivity contribution is 5.81. The maximum Gasteiger partial charge on any atom is 0.260 e. The Labute approximate surface area is 115 Å². The molecule has 0 spiro atoms. The number of rotatable bonds is 5. The molecule has 1 rings (SSSR count). The van der Waals surface area contributed by atoms with E-state index in [1.54, 1.807) is 6.92 Å². The van der Waals surface area contributed by atoms with Gasteiger partial charge in [-0.05, 0) is 46.2 Å². The second-order valence-corrected chi connectivity index (χ2v) is 5.25. The van der Waals surface area contributed by atoms with E-state index >= 15 is 0 Å². The van der Waals surface area contributed by atoms with Crippen LogP contribution in [-0.2, 0) is 4.79 Å². The quantitative estimate of drug-likeness (QED) is 0.857. The van der Waals surface area contributed by atoms with Crippen LogP contribution in [0.5, 0.6) is 5.75 Å². The van der Waals surface area contributed by atoms with Crippen LogP contribution in [0.15, 0.2) is 18.2 Å². The molecule has 0 aromatic heterocycles. The van der Waals surface area contributed by atoms with Crippen molar-refractivity contribution in [3.05, 3.63) is 29.3 Å². The number of carbonyl (C=O) groups is 1. The lowest BCUT2D eigenvalue weighted by Crippen LogP contribution is -2.40. The topological polar surface area (TPSA) is 64.3 Å². The van der Waals surface area contributed by atoms with Gasteiger partial charge in [0.2, 0.25) is 0 Å². The van der Waals surface area contributed by atoms with Crippen LogP contribution >= 0.6 is 0 Å². The summed E-state index contributed by atoms with van der Waals surface area (Å²) < 4.78 is 5.76. The first kappa shape index (κ1) is 15.5. The molecule has 0 saturated heterocycles. The summed E-state index contributed by atoms with van der Waals surface area (Å²) >= 11 is 0. The summed E-state index contributed by atoms with van der Waals surface area (Å²) in [6.45, 7) is 9.47. The fourth-order valence-corrected chi connectivity index (χ4v) is 1.77. The van der Waals surface area contributed by atoms with Crippen molar-refractivity contribution in [2.45, 2.75) is 52.8 Å². The molecule has 1 aromatic rings. The Balaban J connectivity index is 2.86. The van der Waals surface area contributed by atoms with Crippen LogP contribution in [0.2, 0.25) is 0 Å². The third-order valence-electron chi connectivity index (χ3n) is 2.76. The normalized spacial score (nSPS) is 14.1. The first-order chi connectivity index (χ1) is 8.81. The van der Waals surface area contributed by atoms with E-state index in [0.29, 0.717) is 5.75 Å². The molecule has 19 heavy (non-hydrogen) atoms. The molecule has 0 aliphatic rings. The van der Waals surface area contributed by atoms with Crippen molar-refractivity contribution in [3.63, 3.8) is 0 Å². The van der Waals surface area contributed by atoms with E-state index < -0.39 is 6.10 Å². The van der Waals surface area contributed by atoms with Crippen LogP contribution < -0.4 is 15.8 Å². The number of nitrogens with one attached hydrogen (secondary N) is 1. The van der Waals surface area contributed by atoms with Gasteiger partial charge in [-0.1, -0.05) is 12.1 Å². The van der Waals surface area contributed by atoms with Gasteiger partial charge in [0, 0.05) is 17.6 Å². The van der Waals surface area contributed by atoms with Crippen molar-refractivity contribution < 1.29 is 9.53 Å². The van der Waals surface area contributed by atoms with Crippen molar-refractivity contribution in [1.29, 1.82) is 0 Å². The Morgan fingerprint density at radius 3 is 2.42 bits per heavy atom. The van der Waals surface area contributed by atoms with E-state index in [-0.39, 0.29) is 18.0 Å². The minimum Gasteiger partial charge on any atom is -0.481 e. The number of benzene rings is 1. The van der Waals surface area contributed by atoms with Crippen molar-refractivity contribution >= 4 is 5.91 Å². The third kappa shape index (κ3) is 4.56. The third-order valence-corrected chi connectivity index (χ3v) is 2.76. The molecule has 4 nitrogen and oxygen atoms in total. The van der Waals surface area contributed by atoms with E-state index in [1.807, 2.05) is 45.9 Å². The predicted octanol–water partition coefficient (Wildman–Crippen LogP) is 2.31. The largest absolute Gasteiger partial charge is 0.481 e. The van der Waals surface area contributed by atoms with Crippen LogP contribution in [-0.4, -0.2) is 18.1 Å². The molecule has 0 radical (unpaired) electrons. The van der Waals surface area contributed by atoms with Gasteiger partial charge in [-0.25, -0.2) is 0 Å². The maximum atomic E-state index is 11.9. The molecule has 1 amide bonds. The highest BCUT2D eigenvalue weighted by atomic mass is 16.5. The lowest BCUT2D eigenvalue weighted by Gasteiger charge is -2.20. The number of hydrogen-bond acceptors (Lipinski definition) is 3. The molecule has 3 N–H and O–H groups in total. The van der Waals surface area contributed by atoms with Crippen molar-refractivity contribution in [2.75, 3.05) is 0 Å². The first-order valence-corrected chi connectivity index (χ1v) is 6.64.